The standard InChI is InChI=1S/C15H16N2O2S/c1-2-17-8-3-6-13(17)15(19)16-11-14-12(5-4-9-18)7-10-20-14/h3,6-8,10,18H,2,9,11H2,1H3,(H,16,19). The molecule has 1 amide bonds. The molecule has 0 aliphatic carbocycles. The zero-order valence-electron chi connectivity index (χ0n) is 11.2. The fraction of sp³-hybridized carbons (Fsp3) is 0.267. The predicted molar refractivity (Wildman–Crippen MR) is 79.6 cm³/mol. The number of rotatable bonds is 4. The van der Waals surface area contributed by atoms with Crippen molar-refractivity contribution in [1.29, 1.82) is 0 Å². The third kappa shape index (κ3) is 3.29. The molecule has 2 N–H and O–H groups in total. The van der Waals surface area contributed by atoms with Crippen LogP contribution in [0.4, 0.5) is 0 Å². The van der Waals surface area contributed by atoms with Crippen LogP contribution in [0.3, 0.4) is 0 Å². The maximum Gasteiger partial charge on any atom is 0.268 e. The highest BCUT2D eigenvalue weighted by Gasteiger charge is 2.10. The molecule has 4 nitrogen and oxygen atoms in total. The summed E-state index contributed by atoms with van der Waals surface area (Å²) in [6, 6.07) is 5.56. The summed E-state index contributed by atoms with van der Waals surface area (Å²) in [4.78, 5) is 13.1. The van der Waals surface area contributed by atoms with Crippen LogP contribution < -0.4 is 5.32 Å². The Hall–Kier alpha value is -2.03. The number of carbonyl (C=O) groups excluding carboxylic acids is 1. The van der Waals surface area contributed by atoms with Crippen LogP contribution in [0.2, 0.25) is 0 Å². The number of nitrogens with zero attached hydrogens (tertiary/aromatic N) is 1. The summed E-state index contributed by atoms with van der Waals surface area (Å²) in [6.07, 6.45) is 1.89. The topological polar surface area (TPSA) is 54.3 Å². The van der Waals surface area contributed by atoms with Gasteiger partial charge in [-0.25, -0.2) is 0 Å². The van der Waals surface area contributed by atoms with Crippen molar-refractivity contribution in [1.82, 2.24) is 9.88 Å². The van der Waals surface area contributed by atoms with Crippen molar-refractivity contribution < 1.29 is 9.90 Å². The lowest BCUT2D eigenvalue weighted by Gasteiger charge is -2.07. The summed E-state index contributed by atoms with van der Waals surface area (Å²) >= 11 is 1.54. The first kappa shape index (κ1) is 14.4. The molecule has 2 aromatic rings. The van der Waals surface area contributed by atoms with Gasteiger partial charge in [-0.1, -0.05) is 11.8 Å². The third-order valence-electron chi connectivity index (χ3n) is 2.86. The van der Waals surface area contributed by atoms with Gasteiger partial charge in [-0.3, -0.25) is 4.79 Å². The summed E-state index contributed by atoms with van der Waals surface area (Å²) in [6.45, 7) is 3.05. The van der Waals surface area contributed by atoms with Crippen LogP contribution in [0.15, 0.2) is 29.8 Å². The molecule has 2 aromatic heterocycles. The van der Waals surface area contributed by atoms with Gasteiger partial charge in [0.05, 0.1) is 6.54 Å². The van der Waals surface area contributed by atoms with Gasteiger partial charge in [0.2, 0.25) is 0 Å². The van der Waals surface area contributed by atoms with E-state index in [1.165, 1.54) is 0 Å². The molecule has 0 spiro atoms. The van der Waals surface area contributed by atoms with E-state index in [0.717, 1.165) is 17.0 Å². The summed E-state index contributed by atoms with van der Waals surface area (Å²) in [7, 11) is 0. The lowest BCUT2D eigenvalue weighted by molar-refractivity contribution is 0.0942. The van der Waals surface area contributed by atoms with Crippen LogP contribution in [0.25, 0.3) is 0 Å². The molecule has 0 radical (unpaired) electrons. The van der Waals surface area contributed by atoms with Gasteiger partial charge in [0.1, 0.15) is 12.3 Å². The highest BCUT2D eigenvalue weighted by atomic mass is 32.1. The molecule has 104 valence electrons. The second kappa shape index (κ2) is 6.94. The maximum atomic E-state index is 12.1. The minimum atomic E-state index is -0.161. The third-order valence-corrected chi connectivity index (χ3v) is 3.78. The number of thiophene rings is 1. The smallest absolute Gasteiger partial charge is 0.268 e. The van der Waals surface area contributed by atoms with Gasteiger partial charge in [-0.15, -0.1) is 11.3 Å². The maximum absolute atomic E-state index is 12.1. The van der Waals surface area contributed by atoms with Crippen LogP contribution in [0.1, 0.15) is 27.9 Å². The summed E-state index contributed by atoms with van der Waals surface area (Å²) in [5, 5.41) is 13.5. The molecule has 0 atom stereocenters. The average molecular weight is 288 g/mol. The van der Waals surface area contributed by atoms with Crippen molar-refractivity contribution in [2.45, 2.75) is 20.0 Å². The number of amides is 1. The highest BCUT2D eigenvalue weighted by molar-refractivity contribution is 7.10. The zero-order chi connectivity index (χ0) is 14.4. The summed E-state index contributed by atoms with van der Waals surface area (Å²) in [5.41, 5.74) is 1.52. The number of carbonyl (C=O) groups is 1. The van der Waals surface area contributed by atoms with Crippen molar-refractivity contribution in [3.63, 3.8) is 0 Å². The van der Waals surface area contributed by atoms with E-state index < -0.39 is 0 Å². The Balaban J connectivity index is 2.02. The largest absolute Gasteiger partial charge is 0.384 e. The molecule has 5 heteroatoms. The van der Waals surface area contributed by atoms with E-state index in [-0.39, 0.29) is 12.5 Å². The Morgan fingerprint density at radius 2 is 2.35 bits per heavy atom. The molecule has 20 heavy (non-hydrogen) atoms. The molecule has 0 unspecified atom stereocenters. The fourth-order valence-corrected chi connectivity index (χ4v) is 2.64. The van der Waals surface area contributed by atoms with E-state index in [9.17, 15) is 4.79 Å². The first-order valence-electron chi connectivity index (χ1n) is 6.35. The van der Waals surface area contributed by atoms with Crippen molar-refractivity contribution in [2.24, 2.45) is 0 Å². The molecular formula is C15H16N2O2S. The second-order valence-corrected chi connectivity index (χ2v) is 5.08. The molecule has 0 aliphatic heterocycles. The number of nitrogens with one attached hydrogen (secondary N) is 1. The number of aromatic nitrogens is 1. The SMILES string of the molecule is CCn1cccc1C(=O)NCc1sccc1C#CCO. The Morgan fingerprint density at radius 1 is 1.50 bits per heavy atom. The van der Waals surface area contributed by atoms with Gasteiger partial charge in [0.25, 0.3) is 5.91 Å². The first-order valence-corrected chi connectivity index (χ1v) is 7.23. The first-order chi connectivity index (χ1) is 9.76. The van der Waals surface area contributed by atoms with E-state index in [1.54, 1.807) is 17.4 Å². The lowest BCUT2D eigenvalue weighted by Crippen LogP contribution is -2.25. The van der Waals surface area contributed by atoms with Crippen LogP contribution >= 0.6 is 11.3 Å². The van der Waals surface area contributed by atoms with Crippen LogP contribution in [0.5, 0.6) is 0 Å². The molecule has 2 rings (SSSR count). The minimum Gasteiger partial charge on any atom is -0.384 e. The normalized spacial score (nSPS) is 9.90. The van der Waals surface area contributed by atoms with E-state index in [4.69, 9.17) is 5.11 Å². The van der Waals surface area contributed by atoms with Crippen LogP contribution in [-0.4, -0.2) is 22.2 Å². The van der Waals surface area contributed by atoms with E-state index >= 15 is 0 Å². The van der Waals surface area contributed by atoms with Crippen molar-refractivity contribution in [3.05, 3.63) is 45.9 Å². The van der Waals surface area contributed by atoms with E-state index in [0.29, 0.717) is 12.2 Å². The fourth-order valence-electron chi connectivity index (χ4n) is 1.87. The van der Waals surface area contributed by atoms with E-state index in [2.05, 4.69) is 17.2 Å². The van der Waals surface area contributed by atoms with Gasteiger partial charge in [-0.05, 0) is 30.5 Å². The van der Waals surface area contributed by atoms with E-state index in [1.807, 2.05) is 35.2 Å². The Morgan fingerprint density at radius 3 is 3.10 bits per heavy atom. The molecule has 0 aromatic carbocycles. The summed E-state index contributed by atoms with van der Waals surface area (Å²) < 4.78 is 1.90. The molecule has 0 bridgehead atoms. The number of hydrogen-bond donors (Lipinski definition) is 2. The molecule has 0 saturated carbocycles. The van der Waals surface area contributed by atoms with Gasteiger partial charge >= 0.3 is 0 Å². The Labute approximate surface area is 122 Å². The molecule has 2 heterocycles. The number of aryl methyl sites for hydroxylation is 1. The quantitative estimate of drug-likeness (QED) is 0.844. The van der Waals surface area contributed by atoms with Crippen molar-refractivity contribution in [2.75, 3.05) is 6.61 Å². The highest BCUT2D eigenvalue weighted by Crippen LogP contribution is 2.15. The van der Waals surface area contributed by atoms with Crippen LogP contribution in [0, 0.1) is 11.8 Å². The monoisotopic (exact) mass is 288 g/mol. The number of hydrogen-bond acceptors (Lipinski definition) is 3. The Bertz CT molecular complexity index is 646. The number of aliphatic hydroxyl groups is 1. The second-order valence-electron chi connectivity index (χ2n) is 4.08. The predicted octanol–water partition coefficient (Wildman–Crippen LogP) is 1.84. The number of aliphatic hydroxyl groups excluding tert-OH is 1. The van der Waals surface area contributed by atoms with Gasteiger partial charge < -0.3 is 15.0 Å². The van der Waals surface area contributed by atoms with Crippen molar-refractivity contribution in [3.8, 4) is 11.8 Å². The molecule has 0 aliphatic rings. The summed E-state index contributed by atoms with van der Waals surface area (Å²) in [5.74, 6) is 5.41. The molecule has 0 saturated heterocycles. The van der Waals surface area contributed by atoms with Gasteiger partial charge in [0, 0.05) is 23.2 Å². The average Bonchev–Trinajstić information content (AvgIpc) is 3.10. The lowest BCUT2D eigenvalue weighted by atomic mass is 10.2. The Kier molecular flexibility index (Phi) is 4.99. The van der Waals surface area contributed by atoms with Gasteiger partial charge in [0.15, 0.2) is 0 Å². The van der Waals surface area contributed by atoms with Crippen LogP contribution in [-0.2, 0) is 13.1 Å². The molecule has 0 fully saturated rings. The molecular weight excluding hydrogens is 272 g/mol. The zero-order valence-corrected chi connectivity index (χ0v) is 12.0. The van der Waals surface area contributed by atoms with Gasteiger partial charge in [-0.2, -0.15) is 0 Å². The minimum absolute atomic E-state index is 0.0914. The van der Waals surface area contributed by atoms with Crippen molar-refractivity contribution >= 4 is 17.2 Å².